The molecule has 2 aromatic heterocycles. The number of anilines is 3. The van der Waals surface area contributed by atoms with Gasteiger partial charge in [-0.3, -0.25) is 5.10 Å². The van der Waals surface area contributed by atoms with Gasteiger partial charge in [0.1, 0.15) is 5.82 Å². The maximum atomic E-state index is 9.17. The van der Waals surface area contributed by atoms with Gasteiger partial charge in [0.15, 0.2) is 5.82 Å². The molecule has 1 saturated heterocycles. The number of H-pyrrole nitrogens is 1. The quantitative estimate of drug-likeness (QED) is 0.683. The molecule has 0 amide bonds. The zero-order chi connectivity index (χ0) is 16.4. The van der Waals surface area contributed by atoms with E-state index in [1.54, 1.807) is 6.07 Å². The zero-order valence-corrected chi connectivity index (χ0v) is 13.4. The Bertz CT molecular complexity index is 840. The number of aromatic amines is 1. The second-order valence-corrected chi connectivity index (χ2v) is 6.00. The van der Waals surface area contributed by atoms with Crippen LogP contribution in [0.25, 0.3) is 10.9 Å². The average Bonchev–Trinajstić information content (AvgIpc) is 3.10. The Kier molecular flexibility index (Phi) is 4.00. The summed E-state index contributed by atoms with van der Waals surface area (Å²) in [5, 5.41) is 20.3. The fourth-order valence-electron chi connectivity index (χ4n) is 3.02. The van der Waals surface area contributed by atoms with Crippen molar-refractivity contribution in [3.05, 3.63) is 36.0 Å². The van der Waals surface area contributed by atoms with Gasteiger partial charge in [0.2, 0.25) is 5.95 Å². The van der Waals surface area contributed by atoms with E-state index in [0.717, 1.165) is 35.8 Å². The summed E-state index contributed by atoms with van der Waals surface area (Å²) < 4.78 is 0. The Labute approximate surface area is 139 Å². The predicted molar refractivity (Wildman–Crippen MR) is 93.4 cm³/mol. The Morgan fingerprint density at radius 1 is 1.12 bits per heavy atom. The lowest BCUT2D eigenvalue weighted by Gasteiger charge is -2.27. The molecule has 0 atom stereocenters. The number of aromatic nitrogens is 4. The summed E-state index contributed by atoms with van der Waals surface area (Å²) in [6, 6.07) is 9.73. The molecule has 0 radical (unpaired) electrons. The fourth-order valence-corrected chi connectivity index (χ4v) is 3.02. The van der Waals surface area contributed by atoms with Gasteiger partial charge in [0.05, 0.1) is 17.8 Å². The van der Waals surface area contributed by atoms with Crippen LogP contribution in [0.2, 0.25) is 0 Å². The van der Waals surface area contributed by atoms with Crippen LogP contribution in [0.4, 0.5) is 17.6 Å². The molecular weight excluding hydrogens is 304 g/mol. The maximum Gasteiger partial charge on any atom is 0.227 e. The van der Waals surface area contributed by atoms with Crippen molar-refractivity contribution in [1.29, 1.82) is 0 Å². The third kappa shape index (κ3) is 2.90. The monoisotopic (exact) mass is 324 g/mol. The van der Waals surface area contributed by atoms with Crippen molar-refractivity contribution in [2.45, 2.75) is 25.9 Å². The van der Waals surface area contributed by atoms with Crippen LogP contribution in [-0.2, 0) is 6.61 Å². The van der Waals surface area contributed by atoms with Crippen molar-refractivity contribution in [2.24, 2.45) is 0 Å². The second kappa shape index (κ2) is 6.45. The van der Waals surface area contributed by atoms with Crippen LogP contribution in [0.3, 0.4) is 0 Å². The van der Waals surface area contributed by atoms with Crippen LogP contribution in [0.5, 0.6) is 0 Å². The van der Waals surface area contributed by atoms with Crippen molar-refractivity contribution in [3.63, 3.8) is 0 Å². The molecule has 7 heteroatoms. The fraction of sp³-hybridized carbons (Fsp3) is 0.353. The minimum Gasteiger partial charge on any atom is -0.390 e. The van der Waals surface area contributed by atoms with Crippen LogP contribution in [0, 0.1) is 0 Å². The summed E-state index contributed by atoms with van der Waals surface area (Å²) in [4.78, 5) is 11.7. The summed E-state index contributed by atoms with van der Waals surface area (Å²) in [5.74, 6) is 2.12. The molecule has 1 aliphatic heterocycles. The highest BCUT2D eigenvalue weighted by molar-refractivity contribution is 5.91. The van der Waals surface area contributed by atoms with E-state index in [2.05, 4.69) is 20.4 Å². The molecule has 0 aliphatic carbocycles. The normalized spacial score (nSPS) is 15.0. The highest BCUT2D eigenvalue weighted by Crippen LogP contribution is 2.27. The lowest BCUT2D eigenvalue weighted by Crippen LogP contribution is -2.31. The standard InChI is InChI=1S/C17H20N6O/c24-11-12-10-15(22-21-12)19-16-13-6-2-3-7-14(13)18-17(20-16)23-8-4-1-5-9-23/h2-3,6-7,10,24H,1,4-5,8-9,11H2,(H2,18,19,20,21,22). The lowest BCUT2D eigenvalue weighted by molar-refractivity contribution is 0.276. The number of rotatable bonds is 4. The van der Waals surface area contributed by atoms with Crippen LogP contribution < -0.4 is 10.2 Å². The average molecular weight is 324 g/mol. The molecule has 1 fully saturated rings. The summed E-state index contributed by atoms with van der Waals surface area (Å²) in [6.07, 6.45) is 3.63. The number of piperidine rings is 1. The van der Waals surface area contributed by atoms with E-state index in [0.29, 0.717) is 11.5 Å². The Balaban J connectivity index is 1.73. The van der Waals surface area contributed by atoms with Crippen LogP contribution in [0.15, 0.2) is 30.3 Å². The van der Waals surface area contributed by atoms with Gasteiger partial charge >= 0.3 is 0 Å². The molecule has 3 N–H and O–H groups in total. The predicted octanol–water partition coefficient (Wildman–Crippen LogP) is 2.58. The van der Waals surface area contributed by atoms with Crippen LogP contribution in [0.1, 0.15) is 25.0 Å². The summed E-state index contributed by atoms with van der Waals surface area (Å²) in [7, 11) is 0. The van der Waals surface area contributed by atoms with Crippen molar-refractivity contribution < 1.29 is 5.11 Å². The molecule has 0 saturated carbocycles. The van der Waals surface area contributed by atoms with Gasteiger partial charge in [-0.1, -0.05) is 12.1 Å². The van der Waals surface area contributed by atoms with E-state index >= 15 is 0 Å². The molecule has 0 unspecified atom stereocenters. The van der Waals surface area contributed by atoms with Gasteiger partial charge in [0.25, 0.3) is 0 Å². The van der Waals surface area contributed by atoms with Gasteiger partial charge in [-0.25, -0.2) is 4.98 Å². The van der Waals surface area contributed by atoms with Crippen molar-refractivity contribution >= 4 is 28.5 Å². The number of nitrogens with zero attached hydrogens (tertiary/aromatic N) is 4. The first kappa shape index (κ1) is 14.9. The number of nitrogens with one attached hydrogen (secondary N) is 2. The Morgan fingerprint density at radius 2 is 1.96 bits per heavy atom. The molecule has 24 heavy (non-hydrogen) atoms. The summed E-state index contributed by atoms with van der Waals surface area (Å²) >= 11 is 0. The Hall–Kier alpha value is -2.67. The largest absolute Gasteiger partial charge is 0.390 e. The van der Waals surface area contributed by atoms with Gasteiger partial charge < -0.3 is 15.3 Å². The molecule has 0 bridgehead atoms. The van der Waals surface area contributed by atoms with Crippen LogP contribution in [-0.4, -0.2) is 38.4 Å². The minimum atomic E-state index is -0.0712. The first-order valence-electron chi connectivity index (χ1n) is 8.27. The number of para-hydroxylation sites is 1. The molecule has 1 aromatic carbocycles. The number of benzene rings is 1. The van der Waals surface area contributed by atoms with Gasteiger partial charge in [-0.05, 0) is 31.4 Å². The lowest BCUT2D eigenvalue weighted by atomic mass is 10.1. The molecule has 4 rings (SSSR count). The molecule has 1 aliphatic rings. The topological polar surface area (TPSA) is 90.0 Å². The van der Waals surface area contributed by atoms with Crippen LogP contribution >= 0.6 is 0 Å². The van der Waals surface area contributed by atoms with E-state index in [-0.39, 0.29) is 6.61 Å². The highest BCUT2D eigenvalue weighted by Gasteiger charge is 2.16. The van der Waals surface area contributed by atoms with E-state index < -0.39 is 0 Å². The summed E-state index contributed by atoms with van der Waals surface area (Å²) in [5.41, 5.74) is 1.57. The summed E-state index contributed by atoms with van der Waals surface area (Å²) in [6.45, 7) is 1.92. The van der Waals surface area contributed by atoms with E-state index in [1.807, 2.05) is 24.3 Å². The van der Waals surface area contributed by atoms with Gasteiger partial charge in [-0.2, -0.15) is 10.1 Å². The van der Waals surface area contributed by atoms with Gasteiger partial charge in [-0.15, -0.1) is 0 Å². The molecular formula is C17H20N6O. The van der Waals surface area contributed by atoms with E-state index in [1.165, 1.54) is 19.3 Å². The molecule has 0 spiro atoms. The maximum absolute atomic E-state index is 9.17. The highest BCUT2D eigenvalue weighted by atomic mass is 16.3. The number of aliphatic hydroxyl groups excluding tert-OH is 1. The van der Waals surface area contributed by atoms with Crippen molar-refractivity contribution in [3.8, 4) is 0 Å². The first-order valence-corrected chi connectivity index (χ1v) is 8.27. The molecule has 3 aromatic rings. The second-order valence-electron chi connectivity index (χ2n) is 6.00. The smallest absolute Gasteiger partial charge is 0.227 e. The van der Waals surface area contributed by atoms with E-state index in [4.69, 9.17) is 9.97 Å². The number of fused-ring (bicyclic) bond motifs is 1. The number of aliphatic hydroxyl groups is 1. The Morgan fingerprint density at radius 3 is 2.75 bits per heavy atom. The van der Waals surface area contributed by atoms with Crippen molar-refractivity contribution in [2.75, 3.05) is 23.3 Å². The first-order chi connectivity index (χ1) is 11.8. The molecule has 7 nitrogen and oxygen atoms in total. The number of hydrogen-bond donors (Lipinski definition) is 3. The van der Waals surface area contributed by atoms with Gasteiger partial charge in [0, 0.05) is 24.5 Å². The number of hydrogen-bond acceptors (Lipinski definition) is 6. The third-order valence-corrected chi connectivity index (χ3v) is 4.28. The van der Waals surface area contributed by atoms with E-state index in [9.17, 15) is 5.11 Å². The third-order valence-electron chi connectivity index (χ3n) is 4.28. The minimum absolute atomic E-state index is 0.0712. The molecule has 3 heterocycles. The SMILES string of the molecule is OCc1cc(Nc2nc(N3CCCCC3)nc3ccccc23)n[nH]1. The zero-order valence-electron chi connectivity index (χ0n) is 13.4. The van der Waals surface area contributed by atoms with Crippen molar-refractivity contribution in [1.82, 2.24) is 20.2 Å². The molecule has 124 valence electrons.